The summed E-state index contributed by atoms with van der Waals surface area (Å²) in [7, 11) is 0. The maximum atomic E-state index is 11.5. The fraction of sp³-hybridized carbons (Fsp3) is 0.375. The predicted octanol–water partition coefficient (Wildman–Crippen LogP) is 3.37. The smallest absolute Gasteiger partial charge is 0.225 e. The summed E-state index contributed by atoms with van der Waals surface area (Å²) in [5.74, 6) is 0.0315. The first-order chi connectivity index (χ1) is 10.1. The molecule has 0 saturated heterocycles. The van der Waals surface area contributed by atoms with Crippen LogP contribution in [0, 0.1) is 0 Å². The van der Waals surface area contributed by atoms with Gasteiger partial charge in [-0.1, -0.05) is 30.3 Å². The second-order valence-corrected chi connectivity index (χ2v) is 5.73. The van der Waals surface area contributed by atoms with Gasteiger partial charge in [-0.05, 0) is 19.4 Å². The first-order valence-corrected chi connectivity index (χ1v) is 8.00. The van der Waals surface area contributed by atoms with Crippen LogP contribution in [0.15, 0.2) is 35.7 Å². The summed E-state index contributed by atoms with van der Waals surface area (Å²) < 4.78 is 0. The van der Waals surface area contributed by atoms with Crippen LogP contribution < -0.4 is 10.2 Å². The van der Waals surface area contributed by atoms with Gasteiger partial charge in [0.05, 0.1) is 5.69 Å². The van der Waals surface area contributed by atoms with Crippen molar-refractivity contribution in [2.24, 2.45) is 0 Å². The van der Waals surface area contributed by atoms with E-state index in [2.05, 4.69) is 29.4 Å². The lowest BCUT2D eigenvalue weighted by atomic mass is 10.1. The molecule has 1 atom stereocenters. The number of amides is 1. The van der Waals surface area contributed by atoms with Crippen LogP contribution in [-0.4, -0.2) is 17.4 Å². The molecule has 5 heteroatoms. The van der Waals surface area contributed by atoms with Crippen molar-refractivity contribution in [1.82, 2.24) is 10.3 Å². The maximum Gasteiger partial charge on any atom is 0.225 e. The maximum absolute atomic E-state index is 11.5. The molecule has 0 bridgehead atoms. The number of carbonyl (C=O) groups excluding carboxylic acids is 1. The third-order valence-corrected chi connectivity index (χ3v) is 4.27. The van der Waals surface area contributed by atoms with E-state index < -0.39 is 0 Å². The highest BCUT2D eigenvalue weighted by Crippen LogP contribution is 2.21. The largest absolute Gasteiger partial charge is 0.305 e. The molecular weight excluding hydrogens is 282 g/mol. The molecule has 2 rings (SSSR count). The first kappa shape index (κ1) is 15.7. The number of nitrogens with zero attached hydrogens (tertiary/aromatic N) is 2. The van der Waals surface area contributed by atoms with Gasteiger partial charge >= 0.3 is 0 Å². The van der Waals surface area contributed by atoms with Crippen molar-refractivity contribution in [2.75, 3.05) is 11.4 Å². The quantitative estimate of drug-likeness (QED) is 0.890. The van der Waals surface area contributed by atoms with Gasteiger partial charge < -0.3 is 5.32 Å². The minimum Gasteiger partial charge on any atom is -0.305 e. The van der Waals surface area contributed by atoms with Gasteiger partial charge in [-0.15, -0.1) is 11.3 Å². The first-order valence-electron chi connectivity index (χ1n) is 7.12. The van der Waals surface area contributed by atoms with Gasteiger partial charge in [-0.25, -0.2) is 4.98 Å². The molecule has 1 aromatic carbocycles. The summed E-state index contributed by atoms with van der Waals surface area (Å²) in [6.45, 7) is 7.01. The second kappa shape index (κ2) is 7.33. The van der Waals surface area contributed by atoms with Gasteiger partial charge in [-0.3, -0.25) is 9.69 Å². The molecule has 4 nitrogen and oxygen atoms in total. The molecule has 0 aliphatic heterocycles. The number of rotatable bonds is 6. The minimum atomic E-state index is 0.0315. The van der Waals surface area contributed by atoms with Crippen LogP contribution in [0.25, 0.3) is 0 Å². The average molecular weight is 303 g/mol. The molecule has 0 spiro atoms. The molecular formula is C16H21N3OS. The van der Waals surface area contributed by atoms with Gasteiger partial charge in [-0.2, -0.15) is 0 Å². The lowest BCUT2D eigenvalue weighted by Gasteiger charge is -2.15. The highest BCUT2D eigenvalue weighted by atomic mass is 32.1. The number of benzene rings is 1. The highest BCUT2D eigenvalue weighted by molar-refractivity contribution is 7.14. The van der Waals surface area contributed by atoms with Gasteiger partial charge in [0.15, 0.2) is 5.13 Å². The third kappa shape index (κ3) is 4.12. The Bertz CT molecular complexity index is 582. The van der Waals surface area contributed by atoms with Crippen LogP contribution in [0.4, 0.5) is 5.13 Å². The molecule has 1 aromatic heterocycles. The van der Waals surface area contributed by atoms with Gasteiger partial charge in [0, 0.05) is 31.4 Å². The second-order valence-electron chi connectivity index (χ2n) is 4.90. The molecule has 0 unspecified atom stereocenters. The Morgan fingerprint density at radius 2 is 2.10 bits per heavy atom. The van der Waals surface area contributed by atoms with Crippen LogP contribution in [-0.2, 0) is 11.3 Å². The Morgan fingerprint density at radius 1 is 1.38 bits per heavy atom. The zero-order chi connectivity index (χ0) is 15.2. The molecule has 1 N–H and O–H groups in total. The summed E-state index contributed by atoms with van der Waals surface area (Å²) >= 11 is 1.51. The van der Waals surface area contributed by atoms with E-state index in [0.29, 0.717) is 13.1 Å². The number of hydrogen-bond acceptors (Lipinski definition) is 4. The van der Waals surface area contributed by atoms with Gasteiger partial charge in [0.2, 0.25) is 5.91 Å². The molecule has 0 aliphatic carbocycles. The predicted molar refractivity (Wildman–Crippen MR) is 87.5 cm³/mol. The van der Waals surface area contributed by atoms with E-state index in [4.69, 9.17) is 0 Å². The lowest BCUT2D eigenvalue weighted by Crippen LogP contribution is -2.27. The normalized spacial score (nSPS) is 12.1. The molecule has 2 aromatic rings. The molecule has 0 aliphatic rings. The van der Waals surface area contributed by atoms with E-state index in [1.807, 2.05) is 30.5 Å². The zero-order valence-corrected chi connectivity index (χ0v) is 13.5. The molecule has 112 valence electrons. The molecule has 1 heterocycles. The summed E-state index contributed by atoms with van der Waals surface area (Å²) in [5.41, 5.74) is 2.23. The number of carbonyl (C=O) groups is 1. The standard InChI is InChI=1S/C16H21N3OS/c1-4-19(13(3)20)16-18-15(11-21-16)10-17-12(2)14-8-6-5-7-9-14/h5-9,11-12,17H,4,10H2,1-3H3/t12-/m1/s1. The molecule has 0 fully saturated rings. The van der Waals surface area contributed by atoms with Crippen molar-refractivity contribution in [3.05, 3.63) is 47.0 Å². The zero-order valence-electron chi connectivity index (χ0n) is 12.7. The van der Waals surface area contributed by atoms with Crippen molar-refractivity contribution in [3.8, 4) is 0 Å². The Morgan fingerprint density at radius 3 is 2.71 bits per heavy atom. The highest BCUT2D eigenvalue weighted by Gasteiger charge is 2.13. The van der Waals surface area contributed by atoms with Crippen molar-refractivity contribution >= 4 is 22.4 Å². The lowest BCUT2D eigenvalue weighted by molar-refractivity contribution is -0.116. The van der Waals surface area contributed by atoms with Crippen molar-refractivity contribution < 1.29 is 4.79 Å². The molecule has 0 saturated carbocycles. The van der Waals surface area contributed by atoms with E-state index in [1.165, 1.54) is 16.9 Å². The summed E-state index contributed by atoms with van der Waals surface area (Å²) in [6, 6.07) is 10.6. The average Bonchev–Trinajstić information content (AvgIpc) is 2.94. The van der Waals surface area contributed by atoms with Crippen LogP contribution >= 0.6 is 11.3 Å². The topological polar surface area (TPSA) is 45.2 Å². The Kier molecular flexibility index (Phi) is 5.47. The minimum absolute atomic E-state index is 0.0315. The third-order valence-electron chi connectivity index (χ3n) is 3.36. The summed E-state index contributed by atoms with van der Waals surface area (Å²) in [5, 5.41) is 6.23. The van der Waals surface area contributed by atoms with Crippen LogP contribution in [0.3, 0.4) is 0 Å². The van der Waals surface area contributed by atoms with Crippen LogP contribution in [0.1, 0.15) is 38.1 Å². The Balaban J connectivity index is 1.95. The van der Waals surface area contributed by atoms with Gasteiger partial charge in [0.25, 0.3) is 0 Å². The summed E-state index contributed by atoms with van der Waals surface area (Å²) in [4.78, 5) is 17.7. The number of thiazole rings is 1. The van der Waals surface area contributed by atoms with Crippen molar-refractivity contribution in [1.29, 1.82) is 0 Å². The van der Waals surface area contributed by atoms with E-state index in [0.717, 1.165) is 10.8 Å². The van der Waals surface area contributed by atoms with E-state index in [1.54, 1.807) is 11.8 Å². The molecule has 21 heavy (non-hydrogen) atoms. The molecule has 0 radical (unpaired) electrons. The van der Waals surface area contributed by atoms with Crippen molar-refractivity contribution in [2.45, 2.75) is 33.4 Å². The number of aromatic nitrogens is 1. The fourth-order valence-corrected chi connectivity index (χ4v) is 3.04. The summed E-state index contributed by atoms with van der Waals surface area (Å²) in [6.07, 6.45) is 0. The molecule has 1 amide bonds. The van der Waals surface area contributed by atoms with Crippen LogP contribution in [0.5, 0.6) is 0 Å². The van der Waals surface area contributed by atoms with E-state index in [9.17, 15) is 4.79 Å². The number of hydrogen-bond donors (Lipinski definition) is 1. The Hall–Kier alpha value is -1.72. The number of nitrogens with one attached hydrogen (secondary N) is 1. The number of anilines is 1. The van der Waals surface area contributed by atoms with Crippen molar-refractivity contribution in [3.63, 3.8) is 0 Å². The fourth-order valence-electron chi connectivity index (χ4n) is 2.11. The van der Waals surface area contributed by atoms with E-state index >= 15 is 0 Å². The SMILES string of the molecule is CCN(C(C)=O)c1nc(CN[C@H](C)c2ccccc2)cs1. The van der Waals surface area contributed by atoms with E-state index in [-0.39, 0.29) is 11.9 Å². The van der Waals surface area contributed by atoms with Crippen LogP contribution in [0.2, 0.25) is 0 Å². The Labute approximate surface area is 129 Å². The monoisotopic (exact) mass is 303 g/mol. The van der Waals surface area contributed by atoms with Gasteiger partial charge in [0.1, 0.15) is 0 Å².